The van der Waals surface area contributed by atoms with Gasteiger partial charge in [-0.05, 0) is 92.7 Å². The number of ketones is 1. The molecule has 0 saturated carbocycles. The smallest absolute Gasteiger partial charge is 0.462 e. The monoisotopic (exact) mass is 1390 g/mol. The fraction of sp³-hybridized carbons (Fsp3) is 0.607. The van der Waals surface area contributed by atoms with E-state index in [4.69, 9.17) is 64.5 Å². The molecular weight excluding hydrogens is 1300 g/mol. The highest BCUT2D eigenvalue weighted by molar-refractivity contribution is 7.52. The number of esters is 2. The Bertz CT molecular complexity index is 3700. The molecule has 530 valence electrons. The number of imidazole rings is 2. The molecule has 4 aromatic heterocycles. The van der Waals surface area contributed by atoms with Gasteiger partial charge in [-0.25, -0.2) is 57.7 Å². The minimum Gasteiger partial charge on any atom is -0.462 e. The number of aromatic nitrogens is 8. The highest BCUT2D eigenvalue weighted by atomic mass is 31.2. The molecule has 96 heavy (non-hydrogen) atoms. The van der Waals surface area contributed by atoms with Gasteiger partial charge in [0.2, 0.25) is 18.1 Å². The highest BCUT2D eigenvalue weighted by Crippen LogP contribution is 2.51. The molecule has 31 nitrogen and oxygen atoms in total. The van der Waals surface area contributed by atoms with Crippen LogP contribution in [-0.4, -0.2) is 199 Å². The topological polar surface area (TPSA) is 373 Å². The molecule has 0 amide bonds. The first-order valence-corrected chi connectivity index (χ1v) is 33.2. The van der Waals surface area contributed by atoms with Crippen LogP contribution in [0.3, 0.4) is 0 Å². The molecular formula is C61H88F2N12O19P2. The number of para-hydroxylation sites is 1. The van der Waals surface area contributed by atoms with Gasteiger partial charge < -0.3 is 58.1 Å². The Morgan fingerprint density at radius 1 is 0.708 bits per heavy atom. The molecule has 5 N–H and O–H groups in total. The van der Waals surface area contributed by atoms with Crippen molar-refractivity contribution in [2.24, 2.45) is 5.92 Å². The summed E-state index contributed by atoms with van der Waals surface area (Å²) in [4.78, 5) is 78.8. The summed E-state index contributed by atoms with van der Waals surface area (Å²) in [5.41, 5.74) is -4.10. The number of anilines is 2. The van der Waals surface area contributed by atoms with Crippen LogP contribution in [-0.2, 0) is 71.9 Å². The summed E-state index contributed by atoms with van der Waals surface area (Å²) in [6.45, 7) is 15.1. The van der Waals surface area contributed by atoms with Gasteiger partial charge in [-0.3, -0.25) is 37.1 Å². The number of fused-ring (bicyclic) bond motifs is 2. The number of hydrogen-bond donors (Lipinski definition) is 5. The van der Waals surface area contributed by atoms with Gasteiger partial charge in [-0.2, -0.15) is 5.09 Å². The summed E-state index contributed by atoms with van der Waals surface area (Å²) < 4.78 is 118. The van der Waals surface area contributed by atoms with Gasteiger partial charge in [0, 0.05) is 34.6 Å². The molecule has 2 aliphatic heterocycles. The number of halogens is 2. The van der Waals surface area contributed by atoms with Crippen molar-refractivity contribution in [3.63, 3.8) is 0 Å². The van der Waals surface area contributed by atoms with E-state index >= 15 is 8.78 Å². The molecule has 2 fully saturated rings. The van der Waals surface area contributed by atoms with E-state index in [-0.39, 0.29) is 49.7 Å². The lowest BCUT2D eigenvalue weighted by Crippen LogP contribution is -2.43. The van der Waals surface area contributed by atoms with E-state index in [2.05, 4.69) is 40.1 Å². The zero-order valence-electron chi connectivity index (χ0n) is 55.5. The number of benzene rings is 1. The van der Waals surface area contributed by atoms with Crippen molar-refractivity contribution in [2.45, 2.75) is 181 Å². The lowest BCUT2D eigenvalue weighted by atomic mass is 9.97. The molecule has 2 aliphatic rings. The lowest BCUT2D eigenvalue weighted by Gasteiger charge is -2.27. The van der Waals surface area contributed by atoms with Crippen molar-refractivity contribution in [3.8, 4) is 30.4 Å². The number of carbonyl (C=O) groups excluding carboxylic acids is 4. The number of Topliss-reactive ketones (excluding diaryl/α,β-unsaturated/α-hetero) is 1. The minimum atomic E-state index is -4.59. The number of nitrogens with zero attached hydrogens (tertiary/aromatic N) is 10. The molecule has 0 bridgehead atoms. The van der Waals surface area contributed by atoms with Crippen molar-refractivity contribution in [3.05, 3.63) is 54.1 Å². The van der Waals surface area contributed by atoms with Gasteiger partial charge in [0.25, 0.3) is 0 Å². The van der Waals surface area contributed by atoms with E-state index in [0.717, 1.165) is 0 Å². The van der Waals surface area contributed by atoms with Crippen LogP contribution >= 0.6 is 15.5 Å². The summed E-state index contributed by atoms with van der Waals surface area (Å²) in [5, 5.41) is 36.4. The Kier molecular flexibility index (Phi) is 27.9. The fourth-order valence-corrected chi connectivity index (χ4v) is 12.5. The van der Waals surface area contributed by atoms with Gasteiger partial charge in [-0.15, -0.1) is 12.8 Å². The number of hydrogen-bond acceptors (Lipinski definition) is 27. The van der Waals surface area contributed by atoms with Crippen LogP contribution in [0.4, 0.5) is 25.2 Å². The Morgan fingerprint density at radius 2 is 1.18 bits per heavy atom. The number of terminal acetylenes is 2. The van der Waals surface area contributed by atoms with Gasteiger partial charge in [0.1, 0.15) is 60.5 Å². The third kappa shape index (κ3) is 19.5. The molecule has 6 heterocycles. The summed E-state index contributed by atoms with van der Waals surface area (Å²) >= 11 is 0. The Morgan fingerprint density at radius 3 is 1.62 bits per heavy atom. The van der Waals surface area contributed by atoms with Crippen molar-refractivity contribution in [1.82, 2.24) is 49.2 Å². The largest absolute Gasteiger partial charge is 0.510 e. The number of aliphatic hydroxyl groups is 3. The SMILES string of the molecule is C.C#C[C@@]1(F)[C@H](O)[C@@H](COP(=O)(N[C@@H](C)C(=O)OC(C)C)Oc2ccccc2CCC(=O)CO)O[C@H]1n1cnc2c(N(C)C)nc(C)nc21.C#C[C@@]1(F)[C@H](O)[C@@H](COP(=O)(N[C@@H](CC(C)C)C(=O)OC(C)C)OCOC(=O)OC(C)C)O[C@H]1n1cnc2c(N(C)C)nc(C)nc21. The molecule has 1 aromatic carbocycles. The number of aliphatic hydroxyl groups excluding tert-OH is 3. The Balaban J connectivity index is 0.000000344. The van der Waals surface area contributed by atoms with Gasteiger partial charge in [0.15, 0.2) is 52.2 Å². The van der Waals surface area contributed by atoms with Crippen molar-refractivity contribution in [1.29, 1.82) is 0 Å². The molecule has 7 rings (SSSR count). The van der Waals surface area contributed by atoms with Gasteiger partial charge in [-0.1, -0.05) is 51.3 Å². The summed E-state index contributed by atoms with van der Waals surface area (Å²) in [7, 11) is -2.10. The molecule has 0 spiro atoms. The number of rotatable bonds is 30. The molecule has 0 radical (unpaired) electrons. The lowest BCUT2D eigenvalue weighted by molar-refractivity contribution is -0.150. The number of nitrogens with one attached hydrogen (secondary N) is 2. The van der Waals surface area contributed by atoms with Crippen LogP contribution in [0, 0.1) is 44.5 Å². The van der Waals surface area contributed by atoms with E-state index in [0.29, 0.717) is 39.9 Å². The second-order valence-electron chi connectivity index (χ2n) is 23.8. The van der Waals surface area contributed by atoms with Crippen molar-refractivity contribution < 1.29 is 98.9 Å². The second kappa shape index (κ2) is 33.7. The number of ether oxygens (including phenoxy) is 6. The van der Waals surface area contributed by atoms with Crippen LogP contribution in [0.25, 0.3) is 22.3 Å². The van der Waals surface area contributed by atoms with Crippen LogP contribution in [0.15, 0.2) is 36.9 Å². The van der Waals surface area contributed by atoms with E-state index in [9.17, 15) is 38.5 Å². The first-order valence-electron chi connectivity index (χ1n) is 30.1. The zero-order valence-corrected chi connectivity index (χ0v) is 57.3. The van der Waals surface area contributed by atoms with E-state index < -0.39 is 145 Å². The van der Waals surface area contributed by atoms with E-state index in [1.807, 2.05) is 25.7 Å². The number of aryl methyl sites for hydroxylation is 3. The van der Waals surface area contributed by atoms with Crippen LogP contribution < -0.4 is 24.5 Å². The third-order valence-corrected chi connectivity index (χ3v) is 17.2. The van der Waals surface area contributed by atoms with Crippen LogP contribution in [0.5, 0.6) is 5.75 Å². The average Bonchev–Trinajstić information content (AvgIpc) is 1.60. The molecule has 5 aromatic rings. The molecule has 0 aliphatic carbocycles. The van der Waals surface area contributed by atoms with E-state index in [1.54, 1.807) is 112 Å². The first-order chi connectivity index (χ1) is 44.5. The van der Waals surface area contributed by atoms with E-state index in [1.165, 1.54) is 34.8 Å². The molecule has 12 atom stereocenters. The maximum absolute atomic E-state index is 16.4. The van der Waals surface area contributed by atoms with Gasteiger partial charge in [0.05, 0.1) is 44.2 Å². The Labute approximate surface area is 556 Å². The molecule has 35 heteroatoms. The quantitative estimate of drug-likeness (QED) is 0.0108. The minimum absolute atomic E-state index is 0. The van der Waals surface area contributed by atoms with Gasteiger partial charge >= 0.3 is 33.6 Å². The average molecular weight is 1390 g/mol. The van der Waals surface area contributed by atoms with Crippen molar-refractivity contribution in [2.75, 3.05) is 64.6 Å². The van der Waals surface area contributed by atoms with Crippen LogP contribution in [0.2, 0.25) is 0 Å². The summed E-state index contributed by atoms with van der Waals surface area (Å²) in [6, 6.07) is 3.97. The summed E-state index contributed by atoms with van der Waals surface area (Å²) in [6.07, 6.45) is 1.18. The van der Waals surface area contributed by atoms with Crippen molar-refractivity contribution >= 4 is 73.3 Å². The predicted molar refractivity (Wildman–Crippen MR) is 345 cm³/mol. The first kappa shape index (κ1) is 79.3. The predicted octanol–water partition coefficient (Wildman–Crippen LogP) is 6.48. The Hall–Kier alpha value is -7.36. The number of alkyl halides is 2. The van der Waals surface area contributed by atoms with Crippen LogP contribution in [0.1, 0.15) is 112 Å². The fourth-order valence-electron chi connectivity index (χ4n) is 9.60. The maximum Gasteiger partial charge on any atom is 0.510 e. The third-order valence-electron chi connectivity index (χ3n) is 14.0. The zero-order chi connectivity index (χ0) is 70.7. The molecule has 2 unspecified atom stereocenters. The summed E-state index contributed by atoms with van der Waals surface area (Å²) in [5.74, 6) is 3.69. The highest BCUT2D eigenvalue weighted by Gasteiger charge is 2.60. The maximum atomic E-state index is 16.4. The standard InChI is InChI=1S/C31H40FN6O9P.C29H44FN6O10P.CH4/c1-8-31(32)26(41)24(46-30(31)38-17-33-25-27(37(6)7)34-20(5)35-28(25)38)16-44-48(43,36-19(4)29(42)45-18(2)3)47-23-12-10-9-11-21(23)13-14-22(40)15-39;1-11-29(30)23(37)21(46-27(29)36-14-31-22-24(35(9)10)32-19(8)33-25(22)36)13-42-47(40,43-15-41-28(39)45-18(6)7)34-20(12-16(2)3)26(38)44-17(4)5;/h1,9-12,17-19,24,26,30,39,41H,13-16H2,2-7H3,(H,36,43);1,14,16-18,20-21,23,27,37H,12-13,15H2,2-10H3,(H,34,40);1H4/t19-,24+,26+,30+,31+,48?;20-,21+,23+,27+,29+,47?;/m00./s1. The normalized spacial score (nSPS) is 22.6. The number of carbonyl (C=O) groups is 4. The molecule has 2 saturated heterocycles. The second-order valence-corrected chi connectivity index (χ2v) is 27.3.